The van der Waals surface area contributed by atoms with Crippen molar-refractivity contribution in [3.05, 3.63) is 53.4 Å². The summed E-state index contributed by atoms with van der Waals surface area (Å²) in [6.45, 7) is 11.2. The molecule has 0 atom stereocenters. The van der Waals surface area contributed by atoms with Gasteiger partial charge in [0.25, 0.3) is 0 Å². The lowest BCUT2D eigenvalue weighted by atomic mass is 10.0. The van der Waals surface area contributed by atoms with Crippen LogP contribution in [0.15, 0.2) is 31.0 Å². The first-order valence-corrected chi connectivity index (χ1v) is 10.4. The Kier molecular flexibility index (Phi) is 4.49. The van der Waals surface area contributed by atoms with E-state index in [1.165, 1.54) is 11.3 Å². The van der Waals surface area contributed by atoms with E-state index in [4.69, 9.17) is 10.1 Å². The Morgan fingerprint density at radius 1 is 1.10 bits per heavy atom. The van der Waals surface area contributed by atoms with E-state index in [0.717, 1.165) is 59.8 Å². The maximum Gasteiger partial charge on any atom is 0.180 e. The van der Waals surface area contributed by atoms with Crippen LogP contribution in [0.3, 0.4) is 0 Å². The van der Waals surface area contributed by atoms with Gasteiger partial charge in [-0.15, -0.1) is 15.3 Å². The monoisotopic (exact) mass is 402 g/mol. The molecule has 0 fully saturated rings. The summed E-state index contributed by atoms with van der Waals surface area (Å²) in [5.41, 5.74) is 7.73. The van der Waals surface area contributed by atoms with Crippen molar-refractivity contribution in [2.75, 3.05) is 11.4 Å². The third kappa shape index (κ3) is 3.22. The van der Waals surface area contributed by atoms with Gasteiger partial charge in [0.15, 0.2) is 11.5 Å². The van der Waals surface area contributed by atoms with Crippen molar-refractivity contribution >= 4 is 11.5 Å². The fourth-order valence-corrected chi connectivity index (χ4v) is 4.11. The quantitative estimate of drug-likeness (QED) is 0.522. The molecule has 0 spiro atoms. The van der Waals surface area contributed by atoms with E-state index in [2.05, 4.69) is 60.2 Å². The number of nitrogens with zero attached hydrogens (tertiary/aromatic N) is 8. The van der Waals surface area contributed by atoms with Gasteiger partial charge in [-0.05, 0) is 31.4 Å². The molecule has 0 bridgehead atoms. The normalized spacial score (nSPS) is 14.0. The minimum atomic E-state index is 0.565. The zero-order valence-electron chi connectivity index (χ0n) is 17.9. The van der Waals surface area contributed by atoms with Crippen molar-refractivity contribution in [3.63, 3.8) is 0 Å². The van der Waals surface area contributed by atoms with Crippen LogP contribution in [0, 0.1) is 19.8 Å². The Labute approximate surface area is 175 Å². The van der Waals surface area contributed by atoms with Crippen LogP contribution in [0.5, 0.6) is 0 Å². The lowest BCUT2D eigenvalue weighted by molar-refractivity contribution is 0.483. The van der Waals surface area contributed by atoms with Crippen molar-refractivity contribution in [1.29, 1.82) is 0 Å². The van der Waals surface area contributed by atoms with Gasteiger partial charge in [0.1, 0.15) is 6.33 Å². The molecular weight excluding hydrogens is 376 g/mol. The molecule has 0 aromatic carbocycles. The van der Waals surface area contributed by atoms with Gasteiger partial charge >= 0.3 is 0 Å². The van der Waals surface area contributed by atoms with Crippen LogP contribution in [-0.4, -0.2) is 41.1 Å². The molecule has 5 rings (SSSR count). The predicted molar refractivity (Wildman–Crippen MR) is 115 cm³/mol. The van der Waals surface area contributed by atoms with Crippen molar-refractivity contribution in [3.8, 4) is 11.1 Å². The number of anilines is 1. The summed E-state index contributed by atoms with van der Waals surface area (Å²) < 4.78 is 3.78. The minimum absolute atomic E-state index is 0.565. The van der Waals surface area contributed by atoms with Crippen LogP contribution in [0.2, 0.25) is 0 Å². The lowest BCUT2D eigenvalue weighted by Gasteiger charge is -2.30. The topological polar surface area (TPSA) is 77.0 Å². The fourth-order valence-electron chi connectivity index (χ4n) is 4.11. The van der Waals surface area contributed by atoms with E-state index < -0.39 is 0 Å². The van der Waals surface area contributed by atoms with E-state index >= 15 is 0 Å². The second-order valence-corrected chi connectivity index (χ2v) is 8.52. The molecular formula is C22H26N8. The maximum absolute atomic E-state index is 4.79. The molecule has 0 saturated carbocycles. The van der Waals surface area contributed by atoms with E-state index in [9.17, 15) is 0 Å². The third-order valence-electron chi connectivity index (χ3n) is 5.82. The highest BCUT2D eigenvalue weighted by molar-refractivity contribution is 5.63. The molecule has 4 aromatic heterocycles. The van der Waals surface area contributed by atoms with Crippen LogP contribution in [-0.2, 0) is 19.5 Å². The Morgan fingerprint density at radius 3 is 2.80 bits per heavy atom. The van der Waals surface area contributed by atoms with Gasteiger partial charge in [0, 0.05) is 66.4 Å². The fraction of sp³-hybridized carbons (Fsp3) is 0.409. The Morgan fingerprint density at radius 2 is 1.97 bits per heavy atom. The van der Waals surface area contributed by atoms with Crippen molar-refractivity contribution in [2.45, 2.75) is 47.2 Å². The lowest BCUT2D eigenvalue weighted by Crippen LogP contribution is -2.32. The largest absolute Gasteiger partial charge is 0.350 e. The maximum atomic E-state index is 4.79. The smallest absolute Gasteiger partial charge is 0.180 e. The number of pyridine rings is 1. The molecule has 0 radical (unpaired) electrons. The van der Waals surface area contributed by atoms with E-state index in [0.29, 0.717) is 5.92 Å². The summed E-state index contributed by atoms with van der Waals surface area (Å²) in [6, 6.07) is 2.25. The molecule has 0 unspecified atom stereocenters. The van der Waals surface area contributed by atoms with Crippen LogP contribution >= 0.6 is 0 Å². The predicted octanol–water partition coefficient (Wildman–Crippen LogP) is 3.22. The summed E-state index contributed by atoms with van der Waals surface area (Å²) in [7, 11) is 0. The summed E-state index contributed by atoms with van der Waals surface area (Å²) in [5, 5.41) is 17.5. The van der Waals surface area contributed by atoms with Crippen molar-refractivity contribution in [1.82, 2.24) is 34.6 Å². The number of hydrogen-bond donors (Lipinski definition) is 0. The van der Waals surface area contributed by atoms with Crippen LogP contribution in [0.4, 0.5) is 5.82 Å². The average Bonchev–Trinajstić information content (AvgIpc) is 3.39. The highest BCUT2D eigenvalue weighted by Gasteiger charge is 2.23. The van der Waals surface area contributed by atoms with Gasteiger partial charge in [0.2, 0.25) is 0 Å². The number of aryl methyl sites for hydroxylation is 1. The zero-order valence-corrected chi connectivity index (χ0v) is 17.9. The standard InChI is InChI=1S/C22H26N8/c1-14(2)10-29-12-19(9-25-29)17-7-18-11-28(6-5-20(18)23-8-17)22-16(4)15(3)21-26-24-13-30(21)27-22/h7-9,12-14H,5-6,10-11H2,1-4H3. The summed E-state index contributed by atoms with van der Waals surface area (Å²) in [5.74, 6) is 1.55. The number of aromatic nitrogens is 7. The molecule has 0 N–H and O–H groups in total. The summed E-state index contributed by atoms with van der Waals surface area (Å²) in [6.07, 6.45) is 8.59. The highest BCUT2D eigenvalue weighted by atomic mass is 15.4. The van der Waals surface area contributed by atoms with Gasteiger partial charge in [0.05, 0.1) is 6.20 Å². The van der Waals surface area contributed by atoms with Gasteiger partial charge in [-0.1, -0.05) is 13.8 Å². The first-order valence-electron chi connectivity index (χ1n) is 10.4. The second-order valence-electron chi connectivity index (χ2n) is 8.52. The molecule has 154 valence electrons. The number of hydrogen-bond acceptors (Lipinski definition) is 6. The Hall–Kier alpha value is -3.29. The zero-order chi connectivity index (χ0) is 20.8. The Balaban J connectivity index is 1.46. The van der Waals surface area contributed by atoms with Gasteiger partial charge in [-0.3, -0.25) is 9.67 Å². The van der Waals surface area contributed by atoms with Crippen molar-refractivity contribution < 1.29 is 0 Å². The molecule has 30 heavy (non-hydrogen) atoms. The Bertz CT molecular complexity index is 1220. The summed E-state index contributed by atoms with van der Waals surface area (Å²) >= 11 is 0. The van der Waals surface area contributed by atoms with Crippen molar-refractivity contribution in [2.24, 2.45) is 5.92 Å². The van der Waals surface area contributed by atoms with E-state index in [1.54, 1.807) is 10.8 Å². The number of fused-ring (bicyclic) bond motifs is 2. The molecule has 8 nitrogen and oxygen atoms in total. The summed E-state index contributed by atoms with van der Waals surface area (Å²) in [4.78, 5) is 7.10. The molecule has 5 heterocycles. The third-order valence-corrected chi connectivity index (χ3v) is 5.82. The first-order chi connectivity index (χ1) is 14.5. The molecule has 0 aliphatic carbocycles. The molecule has 1 aliphatic heterocycles. The van der Waals surface area contributed by atoms with E-state index in [-0.39, 0.29) is 0 Å². The van der Waals surface area contributed by atoms with Crippen LogP contribution in [0.25, 0.3) is 16.8 Å². The molecule has 1 aliphatic rings. The molecule has 8 heteroatoms. The van der Waals surface area contributed by atoms with E-state index in [1.807, 2.05) is 17.1 Å². The molecule has 0 amide bonds. The van der Waals surface area contributed by atoms with Gasteiger partial charge in [-0.2, -0.15) is 9.61 Å². The SMILES string of the molecule is Cc1c(N2CCc3ncc(-c4cnn(CC(C)C)c4)cc3C2)nn2cnnc2c1C. The van der Waals surface area contributed by atoms with Crippen LogP contribution in [0.1, 0.15) is 36.2 Å². The van der Waals surface area contributed by atoms with Gasteiger partial charge in [-0.25, -0.2) is 0 Å². The average molecular weight is 403 g/mol. The first kappa shape index (κ1) is 18.7. The highest BCUT2D eigenvalue weighted by Crippen LogP contribution is 2.29. The molecule has 4 aromatic rings. The van der Waals surface area contributed by atoms with Crippen LogP contribution < -0.4 is 4.90 Å². The molecule has 0 saturated heterocycles. The van der Waals surface area contributed by atoms with Gasteiger partial charge < -0.3 is 4.90 Å². The number of rotatable bonds is 4. The second kappa shape index (κ2) is 7.19. The minimum Gasteiger partial charge on any atom is -0.350 e.